The van der Waals surface area contributed by atoms with Crippen LogP contribution in [0, 0.1) is 6.92 Å². The molecule has 1 aromatic carbocycles. The Kier molecular flexibility index (Phi) is 4.37. The number of anilines is 2. The summed E-state index contributed by atoms with van der Waals surface area (Å²) in [4.78, 5) is 30.0. The summed E-state index contributed by atoms with van der Waals surface area (Å²) in [6, 6.07) is 8.22. The van der Waals surface area contributed by atoms with E-state index in [2.05, 4.69) is 15.3 Å². The molecule has 0 unspecified atom stereocenters. The summed E-state index contributed by atoms with van der Waals surface area (Å²) in [5.74, 6) is -0.0614. The molecule has 2 N–H and O–H groups in total. The summed E-state index contributed by atoms with van der Waals surface area (Å²) in [5.41, 5.74) is 1.45. The normalized spacial score (nSPS) is 10.5. The Bertz CT molecular complexity index is 707. The number of aromatic nitrogens is 2. The lowest BCUT2D eigenvalue weighted by atomic mass is 10.2. The maximum atomic E-state index is 11.8. The van der Waals surface area contributed by atoms with Crippen LogP contribution in [0.25, 0.3) is 0 Å². The molecule has 0 atom stereocenters. The van der Waals surface area contributed by atoms with Gasteiger partial charge in [-0.05, 0) is 39.0 Å². The number of benzene rings is 1. The van der Waals surface area contributed by atoms with Crippen LogP contribution in [0.1, 0.15) is 29.9 Å². The van der Waals surface area contributed by atoms with E-state index in [0.29, 0.717) is 22.9 Å². The molecular formula is C15H17N3O3. The highest BCUT2D eigenvalue weighted by Crippen LogP contribution is 2.15. The van der Waals surface area contributed by atoms with Crippen LogP contribution in [-0.2, 0) is 4.74 Å². The van der Waals surface area contributed by atoms with Crippen molar-refractivity contribution >= 4 is 17.6 Å². The van der Waals surface area contributed by atoms with Crippen LogP contribution >= 0.6 is 0 Å². The number of rotatable bonds is 4. The molecule has 110 valence electrons. The summed E-state index contributed by atoms with van der Waals surface area (Å²) in [5, 5.41) is 2.96. The minimum atomic E-state index is -0.389. The Morgan fingerprint density at radius 2 is 2.10 bits per heavy atom. The van der Waals surface area contributed by atoms with E-state index in [4.69, 9.17) is 4.74 Å². The SMILES string of the molecule is Cc1cc(=O)[nH]c(Nc2cccc(C(=O)OC(C)C)c2)n1. The molecule has 0 radical (unpaired) electrons. The minimum Gasteiger partial charge on any atom is -0.459 e. The van der Waals surface area contributed by atoms with E-state index in [1.807, 2.05) is 0 Å². The van der Waals surface area contributed by atoms with Crippen LogP contribution in [0.2, 0.25) is 0 Å². The van der Waals surface area contributed by atoms with Crippen molar-refractivity contribution in [2.24, 2.45) is 0 Å². The van der Waals surface area contributed by atoms with E-state index < -0.39 is 0 Å². The number of ether oxygens (including phenoxy) is 1. The number of hydrogen-bond acceptors (Lipinski definition) is 5. The summed E-state index contributed by atoms with van der Waals surface area (Å²) in [6.07, 6.45) is -0.177. The third-order valence-corrected chi connectivity index (χ3v) is 2.57. The molecule has 0 aliphatic rings. The topological polar surface area (TPSA) is 84.1 Å². The van der Waals surface area contributed by atoms with Gasteiger partial charge in [-0.25, -0.2) is 9.78 Å². The second-order valence-electron chi connectivity index (χ2n) is 4.90. The number of H-pyrrole nitrogens is 1. The van der Waals surface area contributed by atoms with Crippen molar-refractivity contribution in [3.05, 3.63) is 51.9 Å². The van der Waals surface area contributed by atoms with Crippen molar-refractivity contribution in [3.8, 4) is 0 Å². The second kappa shape index (κ2) is 6.21. The maximum absolute atomic E-state index is 11.8. The monoisotopic (exact) mass is 287 g/mol. The van der Waals surface area contributed by atoms with Gasteiger partial charge < -0.3 is 10.1 Å². The number of carbonyl (C=O) groups is 1. The van der Waals surface area contributed by atoms with Crippen molar-refractivity contribution < 1.29 is 9.53 Å². The lowest BCUT2D eigenvalue weighted by Crippen LogP contribution is -2.12. The molecule has 0 fully saturated rings. The van der Waals surface area contributed by atoms with Gasteiger partial charge in [0.25, 0.3) is 5.56 Å². The fraction of sp³-hybridized carbons (Fsp3) is 0.267. The Morgan fingerprint density at radius 3 is 2.76 bits per heavy atom. The molecule has 1 aromatic heterocycles. The van der Waals surface area contributed by atoms with Gasteiger partial charge in [0.1, 0.15) is 0 Å². The van der Waals surface area contributed by atoms with Crippen molar-refractivity contribution in [1.29, 1.82) is 0 Å². The molecule has 6 heteroatoms. The number of aromatic amines is 1. The third-order valence-electron chi connectivity index (χ3n) is 2.57. The standard InChI is InChI=1S/C15H17N3O3/c1-9(2)21-14(20)11-5-4-6-12(8-11)17-15-16-10(3)7-13(19)18-15/h4-9H,1-3H3,(H2,16,17,18,19). The summed E-state index contributed by atoms with van der Waals surface area (Å²) >= 11 is 0. The van der Waals surface area contributed by atoms with Crippen LogP contribution in [0.3, 0.4) is 0 Å². The number of nitrogens with one attached hydrogen (secondary N) is 2. The molecule has 0 amide bonds. The highest BCUT2D eigenvalue weighted by molar-refractivity contribution is 5.90. The van der Waals surface area contributed by atoms with Crippen LogP contribution in [0.4, 0.5) is 11.6 Å². The van der Waals surface area contributed by atoms with Crippen LogP contribution in [-0.4, -0.2) is 22.0 Å². The molecule has 1 heterocycles. The van der Waals surface area contributed by atoms with E-state index in [-0.39, 0.29) is 17.6 Å². The van der Waals surface area contributed by atoms with Gasteiger partial charge in [0.05, 0.1) is 11.7 Å². The Labute approximate surface area is 122 Å². The van der Waals surface area contributed by atoms with Gasteiger partial charge >= 0.3 is 5.97 Å². The summed E-state index contributed by atoms with van der Waals surface area (Å²) in [7, 11) is 0. The smallest absolute Gasteiger partial charge is 0.338 e. The molecule has 0 bridgehead atoms. The first kappa shape index (κ1) is 14.8. The van der Waals surface area contributed by atoms with Gasteiger partial charge in [-0.1, -0.05) is 6.07 Å². The molecule has 0 spiro atoms. The maximum Gasteiger partial charge on any atom is 0.338 e. The molecule has 0 saturated heterocycles. The van der Waals surface area contributed by atoms with Crippen molar-refractivity contribution in [3.63, 3.8) is 0 Å². The average molecular weight is 287 g/mol. The molecule has 0 aliphatic carbocycles. The van der Waals surface area contributed by atoms with Crippen LogP contribution in [0.15, 0.2) is 35.1 Å². The van der Waals surface area contributed by atoms with E-state index in [9.17, 15) is 9.59 Å². The van der Waals surface area contributed by atoms with Gasteiger partial charge in [-0.2, -0.15) is 0 Å². The zero-order valence-corrected chi connectivity index (χ0v) is 12.1. The Morgan fingerprint density at radius 1 is 1.33 bits per heavy atom. The molecular weight excluding hydrogens is 270 g/mol. The molecule has 0 aliphatic heterocycles. The lowest BCUT2D eigenvalue weighted by molar-refractivity contribution is 0.0378. The zero-order valence-electron chi connectivity index (χ0n) is 12.1. The lowest BCUT2D eigenvalue weighted by Gasteiger charge is -2.10. The van der Waals surface area contributed by atoms with Gasteiger partial charge in [0.2, 0.25) is 5.95 Å². The van der Waals surface area contributed by atoms with Gasteiger partial charge in [0.15, 0.2) is 0 Å². The van der Waals surface area contributed by atoms with Crippen LogP contribution < -0.4 is 10.9 Å². The fourth-order valence-corrected chi connectivity index (χ4v) is 1.78. The van der Waals surface area contributed by atoms with Gasteiger partial charge in [0, 0.05) is 17.4 Å². The first-order valence-corrected chi connectivity index (χ1v) is 6.60. The summed E-state index contributed by atoms with van der Waals surface area (Å²) < 4.78 is 5.14. The minimum absolute atomic E-state index is 0.177. The quantitative estimate of drug-likeness (QED) is 0.843. The number of carbonyl (C=O) groups excluding carboxylic acids is 1. The van der Waals surface area contributed by atoms with Gasteiger partial charge in [-0.3, -0.25) is 9.78 Å². The summed E-state index contributed by atoms with van der Waals surface area (Å²) in [6.45, 7) is 5.32. The molecule has 6 nitrogen and oxygen atoms in total. The highest BCUT2D eigenvalue weighted by Gasteiger charge is 2.10. The molecule has 2 aromatic rings. The molecule has 0 saturated carbocycles. The second-order valence-corrected chi connectivity index (χ2v) is 4.90. The Hall–Kier alpha value is -2.63. The van der Waals surface area contributed by atoms with Crippen molar-refractivity contribution in [2.45, 2.75) is 26.9 Å². The van der Waals surface area contributed by atoms with Crippen LogP contribution in [0.5, 0.6) is 0 Å². The van der Waals surface area contributed by atoms with E-state index in [1.54, 1.807) is 45.0 Å². The average Bonchev–Trinajstić information content (AvgIpc) is 2.37. The van der Waals surface area contributed by atoms with Crippen molar-refractivity contribution in [2.75, 3.05) is 5.32 Å². The fourth-order valence-electron chi connectivity index (χ4n) is 1.78. The zero-order chi connectivity index (χ0) is 15.4. The highest BCUT2D eigenvalue weighted by atomic mass is 16.5. The van der Waals surface area contributed by atoms with Crippen molar-refractivity contribution in [1.82, 2.24) is 9.97 Å². The third kappa shape index (κ3) is 4.17. The largest absolute Gasteiger partial charge is 0.459 e. The first-order chi connectivity index (χ1) is 9.94. The first-order valence-electron chi connectivity index (χ1n) is 6.60. The molecule has 21 heavy (non-hydrogen) atoms. The Balaban J connectivity index is 2.21. The predicted octanol–water partition coefficient (Wildman–Crippen LogP) is 2.39. The number of esters is 1. The van der Waals surface area contributed by atoms with E-state index in [1.165, 1.54) is 6.07 Å². The van der Waals surface area contributed by atoms with E-state index >= 15 is 0 Å². The predicted molar refractivity (Wildman–Crippen MR) is 79.9 cm³/mol. The number of aryl methyl sites for hydroxylation is 1. The molecule has 2 rings (SSSR count). The number of hydrogen-bond donors (Lipinski definition) is 2. The van der Waals surface area contributed by atoms with Gasteiger partial charge in [-0.15, -0.1) is 0 Å². The number of nitrogens with zero attached hydrogens (tertiary/aromatic N) is 1. The van der Waals surface area contributed by atoms with E-state index in [0.717, 1.165) is 0 Å².